The zero-order valence-electron chi connectivity index (χ0n) is 12.5. The minimum atomic E-state index is -1.09. The van der Waals surface area contributed by atoms with Crippen molar-refractivity contribution in [1.29, 1.82) is 0 Å². The highest BCUT2D eigenvalue weighted by atomic mass is 32.2. The SMILES string of the molecule is CC(OC(=O)CSc1cccc[n+]1[O-])C(=O)NC(=O)NC1CC1. The van der Waals surface area contributed by atoms with Gasteiger partial charge in [0.1, 0.15) is 5.75 Å². The average Bonchev–Trinajstić information content (AvgIpc) is 3.30. The van der Waals surface area contributed by atoms with Gasteiger partial charge in [0.15, 0.2) is 12.3 Å². The molecule has 124 valence electrons. The number of esters is 1. The summed E-state index contributed by atoms with van der Waals surface area (Å²) in [6.07, 6.45) is 2.04. The van der Waals surface area contributed by atoms with Crippen molar-refractivity contribution in [3.8, 4) is 0 Å². The number of rotatable bonds is 6. The van der Waals surface area contributed by atoms with Crippen molar-refractivity contribution in [2.24, 2.45) is 0 Å². The summed E-state index contributed by atoms with van der Waals surface area (Å²) >= 11 is 1.00. The van der Waals surface area contributed by atoms with Crippen LogP contribution >= 0.6 is 11.8 Å². The predicted molar refractivity (Wildman–Crippen MR) is 81.4 cm³/mol. The van der Waals surface area contributed by atoms with Gasteiger partial charge in [0.2, 0.25) is 0 Å². The minimum absolute atomic E-state index is 0.113. The van der Waals surface area contributed by atoms with Crippen LogP contribution in [0.25, 0.3) is 0 Å². The van der Waals surface area contributed by atoms with Crippen LogP contribution in [-0.4, -0.2) is 35.8 Å². The molecular weight excluding hydrogens is 322 g/mol. The molecule has 1 aliphatic carbocycles. The van der Waals surface area contributed by atoms with Gasteiger partial charge in [-0.05, 0) is 37.6 Å². The summed E-state index contributed by atoms with van der Waals surface area (Å²) in [5.41, 5.74) is 0. The van der Waals surface area contributed by atoms with E-state index in [0.29, 0.717) is 9.76 Å². The van der Waals surface area contributed by atoms with Crippen LogP contribution < -0.4 is 15.4 Å². The second-order valence-electron chi connectivity index (χ2n) is 5.02. The Morgan fingerprint density at radius 2 is 2.17 bits per heavy atom. The maximum Gasteiger partial charge on any atom is 0.321 e. The van der Waals surface area contributed by atoms with Gasteiger partial charge in [0, 0.05) is 18.2 Å². The number of nitrogens with one attached hydrogen (secondary N) is 2. The topological polar surface area (TPSA) is 111 Å². The monoisotopic (exact) mass is 339 g/mol. The molecule has 8 nitrogen and oxygen atoms in total. The van der Waals surface area contributed by atoms with E-state index < -0.39 is 24.0 Å². The molecule has 23 heavy (non-hydrogen) atoms. The van der Waals surface area contributed by atoms with E-state index in [1.807, 2.05) is 0 Å². The molecule has 0 radical (unpaired) electrons. The van der Waals surface area contributed by atoms with E-state index in [-0.39, 0.29) is 11.8 Å². The van der Waals surface area contributed by atoms with E-state index in [1.165, 1.54) is 13.1 Å². The van der Waals surface area contributed by atoms with Gasteiger partial charge in [-0.15, -0.1) is 0 Å². The van der Waals surface area contributed by atoms with Crippen LogP contribution in [0.5, 0.6) is 0 Å². The summed E-state index contributed by atoms with van der Waals surface area (Å²) in [6.45, 7) is 1.37. The third kappa shape index (κ3) is 5.78. The Bertz CT molecular complexity index is 606. The number of thioether (sulfide) groups is 1. The zero-order chi connectivity index (χ0) is 16.8. The van der Waals surface area contributed by atoms with Gasteiger partial charge in [-0.2, -0.15) is 4.73 Å². The van der Waals surface area contributed by atoms with Gasteiger partial charge in [0.05, 0.1) is 0 Å². The lowest BCUT2D eigenvalue weighted by atomic mass is 10.4. The second-order valence-corrected chi connectivity index (χ2v) is 6.02. The first-order valence-corrected chi connectivity index (χ1v) is 8.06. The van der Waals surface area contributed by atoms with Gasteiger partial charge in [-0.1, -0.05) is 0 Å². The molecule has 1 aromatic rings. The third-order valence-corrected chi connectivity index (χ3v) is 3.95. The first-order valence-electron chi connectivity index (χ1n) is 7.07. The normalized spacial score (nSPS) is 14.7. The standard InChI is InChI=1S/C14H17N3O5S/c1-9(13(19)16-14(20)15-10-5-6-10)22-12(18)8-23-11-4-2-3-7-17(11)21/h2-4,7,9-10H,5-6,8H2,1H3,(H2,15,16,19,20). The lowest BCUT2D eigenvalue weighted by molar-refractivity contribution is -0.645. The molecule has 1 fully saturated rings. The van der Waals surface area contributed by atoms with Crippen molar-refractivity contribution in [2.75, 3.05) is 5.75 Å². The Hall–Kier alpha value is -2.29. The lowest BCUT2D eigenvalue weighted by Crippen LogP contribution is -2.45. The highest BCUT2D eigenvalue weighted by Crippen LogP contribution is 2.18. The molecule has 1 saturated carbocycles. The van der Waals surface area contributed by atoms with Crippen LogP contribution in [0.4, 0.5) is 4.79 Å². The highest BCUT2D eigenvalue weighted by Gasteiger charge is 2.26. The van der Waals surface area contributed by atoms with E-state index in [2.05, 4.69) is 10.6 Å². The smallest absolute Gasteiger partial charge is 0.321 e. The van der Waals surface area contributed by atoms with Crippen molar-refractivity contribution >= 4 is 29.7 Å². The summed E-state index contributed by atoms with van der Waals surface area (Å²) in [4.78, 5) is 34.8. The Morgan fingerprint density at radius 1 is 1.43 bits per heavy atom. The van der Waals surface area contributed by atoms with Gasteiger partial charge in [-0.25, -0.2) is 4.79 Å². The van der Waals surface area contributed by atoms with Crippen LogP contribution in [0.2, 0.25) is 0 Å². The summed E-state index contributed by atoms with van der Waals surface area (Å²) < 4.78 is 5.57. The number of carbonyl (C=O) groups excluding carboxylic acids is 3. The molecule has 1 unspecified atom stereocenters. The van der Waals surface area contributed by atoms with Crippen LogP contribution in [0.3, 0.4) is 0 Å². The first-order chi connectivity index (χ1) is 11.0. The largest absolute Gasteiger partial charge is 0.618 e. The van der Waals surface area contributed by atoms with Gasteiger partial charge in [-0.3, -0.25) is 14.9 Å². The van der Waals surface area contributed by atoms with Crippen molar-refractivity contribution in [3.63, 3.8) is 0 Å². The van der Waals surface area contributed by atoms with Crippen molar-refractivity contribution in [2.45, 2.75) is 36.9 Å². The fourth-order valence-corrected chi connectivity index (χ4v) is 2.30. The molecule has 2 rings (SSSR count). The molecular formula is C14H17N3O5S. The molecule has 0 bridgehead atoms. The molecule has 2 N–H and O–H groups in total. The number of aromatic nitrogens is 1. The zero-order valence-corrected chi connectivity index (χ0v) is 13.3. The number of hydrogen-bond acceptors (Lipinski definition) is 6. The Kier molecular flexibility index (Phi) is 5.80. The Balaban J connectivity index is 1.71. The Labute approximate surface area is 137 Å². The summed E-state index contributed by atoms with van der Waals surface area (Å²) in [6, 6.07) is 4.36. The summed E-state index contributed by atoms with van der Waals surface area (Å²) in [5, 5.41) is 16.5. The van der Waals surface area contributed by atoms with E-state index >= 15 is 0 Å². The van der Waals surface area contributed by atoms with E-state index in [9.17, 15) is 19.6 Å². The average molecular weight is 339 g/mol. The Morgan fingerprint density at radius 3 is 2.83 bits per heavy atom. The predicted octanol–water partition coefficient (Wildman–Crippen LogP) is 0.332. The number of carbonyl (C=O) groups is 3. The maximum atomic E-state index is 11.7. The molecule has 0 aliphatic heterocycles. The highest BCUT2D eigenvalue weighted by molar-refractivity contribution is 7.99. The van der Waals surface area contributed by atoms with E-state index in [1.54, 1.807) is 18.2 Å². The second kappa shape index (κ2) is 7.82. The molecule has 3 amide bonds. The number of nitrogens with zero attached hydrogens (tertiary/aromatic N) is 1. The van der Waals surface area contributed by atoms with E-state index in [4.69, 9.17) is 4.74 Å². The van der Waals surface area contributed by atoms with Crippen LogP contribution in [0.1, 0.15) is 19.8 Å². The molecule has 0 aromatic carbocycles. The molecule has 1 aliphatic rings. The minimum Gasteiger partial charge on any atom is -0.618 e. The summed E-state index contributed by atoms with van der Waals surface area (Å²) in [5.74, 6) is -1.46. The number of hydrogen-bond donors (Lipinski definition) is 2. The number of pyridine rings is 1. The summed E-state index contributed by atoms with van der Waals surface area (Å²) in [7, 11) is 0. The first kappa shape index (κ1) is 17.1. The fourth-order valence-electron chi connectivity index (χ4n) is 1.60. The molecule has 1 aromatic heterocycles. The molecule has 0 spiro atoms. The van der Waals surface area contributed by atoms with Crippen LogP contribution in [0, 0.1) is 5.21 Å². The quantitative estimate of drug-likeness (QED) is 0.334. The van der Waals surface area contributed by atoms with E-state index in [0.717, 1.165) is 24.6 Å². The van der Waals surface area contributed by atoms with Gasteiger partial charge in [0.25, 0.3) is 10.9 Å². The number of imide groups is 1. The van der Waals surface area contributed by atoms with Crippen molar-refractivity contribution in [1.82, 2.24) is 10.6 Å². The maximum absolute atomic E-state index is 11.7. The van der Waals surface area contributed by atoms with Crippen molar-refractivity contribution in [3.05, 3.63) is 29.6 Å². The number of amides is 3. The van der Waals surface area contributed by atoms with Crippen LogP contribution in [-0.2, 0) is 14.3 Å². The van der Waals surface area contributed by atoms with Crippen LogP contribution in [0.15, 0.2) is 29.4 Å². The number of urea groups is 1. The molecule has 1 atom stereocenters. The van der Waals surface area contributed by atoms with Crippen molar-refractivity contribution < 1.29 is 23.9 Å². The fraction of sp³-hybridized carbons (Fsp3) is 0.429. The molecule has 1 heterocycles. The number of ether oxygens (including phenoxy) is 1. The van der Waals surface area contributed by atoms with Gasteiger partial charge >= 0.3 is 12.0 Å². The lowest BCUT2D eigenvalue weighted by Gasteiger charge is -2.13. The van der Waals surface area contributed by atoms with Gasteiger partial charge < -0.3 is 15.3 Å². The molecule has 0 saturated heterocycles. The molecule has 9 heteroatoms. The third-order valence-electron chi connectivity index (χ3n) is 2.95.